The highest BCUT2D eigenvalue weighted by atomic mass is 32.1. The molecule has 0 radical (unpaired) electrons. The number of hydrogen-bond acceptors (Lipinski definition) is 8. The first-order valence-electron chi connectivity index (χ1n) is 8.46. The zero-order valence-corrected chi connectivity index (χ0v) is 16.4. The summed E-state index contributed by atoms with van der Waals surface area (Å²) < 4.78 is 9.18. The van der Waals surface area contributed by atoms with Crippen molar-refractivity contribution in [1.29, 1.82) is 0 Å². The fourth-order valence-electron chi connectivity index (χ4n) is 2.88. The normalized spacial score (nSPS) is 12.0. The Morgan fingerprint density at radius 3 is 2.83 bits per heavy atom. The molecule has 0 aromatic carbocycles. The number of ketones is 1. The number of primary amides is 1. The third-order valence-corrected chi connectivity index (χ3v) is 5.78. The quantitative estimate of drug-likeness (QED) is 0.382. The molecule has 146 valence electrons. The number of rotatable bonds is 7. The molecule has 0 aliphatic rings. The lowest BCUT2D eigenvalue weighted by Crippen LogP contribution is -2.47. The second-order valence-corrected chi connectivity index (χ2v) is 7.55. The van der Waals surface area contributed by atoms with Gasteiger partial charge in [0.25, 0.3) is 11.8 Å². The lowest BCUT2D eigenvalue weighted by molar-refractivity contribution is -0.137. The number of Topliss-reactive ketones (excluding diaryl/α,β-unsaturated/α-hetero) is 1. The minimum absolute atomic E-state index is 0.0336. The average Bonchev–Trinajstić information content (AvgIpc) is 3.45. The molecule has 0 saturated carbocycles. The van der Waals surface area contributed by atoms with Gasteiger partial charge in [-0.3, -0.25) is 19.4 Å². The van der Waals surface area contributed by atoms with Crippen LogP contribution in [0.25, 0.3) is 21.6 Å². The van der Waals surface area contributed by atoms with Crippen molar-refractivity contribution in [3.63, 3.8) is 0 Å². The van der Waals surface area contributed by atoms with Crippen LogP contribution in [0, 0.1) is 0 Å². The molecule has 0 fully saturated rings. The first kappa shape index (κ1) is 18.9. The standard InChI is InChI=1S/C18H14N6O3S2/c19-17(26)16(25)11(7-9-8-28-12-4-6-21-13(9)12)22-18(27)15-14(23-29-24-15)10-3-1-2-5-20-10/h1-6,8,11,21H,7H2,(H2,19,26)(H,22,27). The maximum Gasteiger partial charge on any atom is 0.287 e. The molecule has 9 nitrogen and oxygen atoms in total. The molecular formula is C18H14N6O3S2. The van der Waals surface area contributed by atoms with E-state index in [1.807, 2.05) is 11.4 Å². The molecule has 4 aromatic rings. The monoisotopic (exact) mass is 426 g/mol. The number of fused-ring (bicyclic) bond motifs is 1. The average molecular weight is 426 g/mol. The van der Waals surface area contributed by atoms with Gasteiger partial charge in [0.2, 0.25) is 5.78 Å². The highest BCUT2D eigenvalue weighted by Gasteiger charge is 2.29. The number of carbonyl (C=O) groups excluding carboxylic acids is 3. The van der Waals surface area contributed by atoms with Crippen LogP contribution >= 0.6 is 23.1 Å². The molecule has 4 N–H and O–H groups in total. The van der Waals surface area contributed by atoms with E-state index in [9.17, 15) is 14.4 Å². The number of thiophene rings is 1. The molecule has 4 aromatic heterocycles. The Balaban J connectivity index is 1.61. The molecule has 4 rings (SSSR count). The molecule has 0 bridgehead atoms. The molecule has 0 aliphatic heterocycles. The predicted octanol–water partition coefficient (Wildman–Crippen LogP) is 1.54. The Kier molecular flexibility index (Phi) is 5.14. The molecule has 2 amide bonds. The molecular weight excluding hydrogens is 412 g/mol. The Hall–Kier alpha value is -3.44. The fourth-order valence-corrected chi connectivity index (χ4v) is 4.38. The highest BCUT2D eigenvalue weighted by Crippen LogP contribution is 2.26. The number of carbonyl (C=O) groups is 3. The van der Waals surface area contributed by atoms with E-state index in [4.69, 9.17) is 5.73 Å². The maximum absolute atomic E-state index is 12.8. The van der Waals surface area contributed by atoms with Crippen LogP contribution in [0.1, 0.15) is 16.1 Å². The number of hydrogen-bond donors (Lipinski definition) is 3. The number of nitrogens with two attached hydrogens (primary N) is 1. The zero-order valence-electron chi connectivity index (χ0n) is 14.8. The smallest absolute Gasteiger partial charge is 0.287 e. The van der Waals surface area contributed by atoms with Gasteiger partial charge in [-0.05, 0) is 29.1 Å². The molecule has 0 spiro atoms. The van der Waals surface area contributed by atoms with Crippen LogP contribution in [-0.4, -0.2) is 42.4 Å². The van der Waals surface area contributed by atoms with E-state index in [1.54, 1.807) is 30.6 Å². The minimum atomic E-state index is -1.13. The van der Waals surface area contributed by atoms with Crippen LogP contribution in [0.2, 0.25) is 0 Å². The van der Waals surface area contributed by atoms with Crippen LogP contribution in [0.5, 0.6) is 0 Å². The zero-order chi connectivity index (χ0) is 20.4. The second-order valence-electron chi connectivity index (χ2n) is 6.11. The number of aromatic amines is 1. The van der Waals surface area contributed by atoms with Crippen molar-refractivity contribution in [2.45, 2.75) is 12.5 Å². The Labute approximate surface area is 172 Å². The van der Waals surface area contributed by atoms with Crippen molar-refractivity contribution in [2.75, 3.05) is 0 Å². The predicted molar refractivity (Wildman–Crippen MR) is 108 cm³/mol. The Bertz CT molecular complexity index is 1200. The molecule has 1 atom stereocenters. The van der Waals surface area contributed by atoms with Gasteiger partial charge in [0.05, 0.1) is 27.6 Å². The van der Waals surface area contributed by atoms with Crippen molar-refractivity contribution < 1.29 is 14.4 Å². The van der Waals surface area contributed by atoms with Crippen molar-refractivity contribution in [3.05, 3.63) is 53.3 Å². The molecule has 1 unspecified atom stereocenters. The van der Waals surface area contributed by atoms with E-state index in [1.165, 1.54) is 11.3 Å². The van der Waals surface area contributed by atoms with Gasteiger partial charge < -0.3 is 16.0 Å². The van der Waals surface area contributed by atoms with E-state index >= 15 is 0 Å². The summed E-state index contributed by atoms with van der Waals surface area (Å²) in [5, 5.41) is 4.46. The number of pyridine rings is 1. The summed E-state index contributed by atoms with van der Waals surface area (Å²) in [5.41, 5.74) is 7.67. The van der Waals surface area contributed by atoms with Crippen LogP contribution in [-0.2, 0) is 16.0 Å². The van der Waals surface area contributed by atoms with Gasteiger partial charge in [-0.25, -0.2) is 0 Å². The lowest BCUT2D eigenvalue weighted by atomic mass is 10.0. The molecule has 4 heterocycles. The van der Waals surface area contributed by atoms with Gasteiger partial charge in [-0.2, -0.15) is 8.75 Å². The number of amides is 2. The van der Waals surface area contributed by atoms with Crippen LogP contribution in [0.4, 0.5) is 0 Å². The molecule has 0 saturated heterocycles. The second kappa shape index (κ2) is 7.89. The third kappa shape index (κ3) is 3.77. The van der Waals surface area contributed by atoms with Gasteiger partial charge in [0, 0.05) is 18.8 Å². The maximum atomic E-state index is 12.8. The molecule has 0 aliphatic carbocycles. The summed E-state index contributed by atoms with van der Waals surface area (Å²) in [4.78, 5) is 44.0. The summed E-state index contributed by atoms with van der Waals surface area (Å²) in [6.45, 7) is 0. The summed E-state index contributed by atoms with van der Waals surface area (Å²) in [7, 11) is 0. The summed E-state index contributed by atoms with van der Waals surface area (Å²) >= 11 is 2.36. The van der Waals surface area contributed by atoms with Crippen LogP contribution < -0.4 is 11.1 Å². The van der Waals surface area contributed by atoms with Crippen LogP contribution in [0.3, 0.4) is 0 Å². The lowest BCUT2D eigenvalue weighted by Gasteiger charge is -2.15. The van der Waals surface area contributed by atoms with Gasteiger partial charge >= 0.3 is 0 Å². The number of nitrogens with one attached hydrogen (secondary N) is 2. The first-order valence-corrected chi connectivity index (χ1v) is 10.1. The van der Waals surface area contributed by atoms with E-state index in [0.717, 1.165) is 27.5 Å². The number of aromatic nitrogens is 4. The number of nitrogens with zero attached hydrogens (tertiary/aromatic N) is 3. The summed E-state index contributed by atoms with van der Waals surface area (Å²) in [6, 6.07) is 5.99. The van der Waals surface area contributed by atoms with E-state index in [-0.39, 0.29) is 12.1 Å². The van der Waals surface area contributed by atoms with Crippen molar-refractivity contribution in [2.24, 2.45) is 5.73 Å². The minimum Gasteiger partial charge on any atom is -0.363 e. The number of H-pyrrole nitrogens is 1. The van der Waals surface area contributed by atoms with Crippen LogP contribution in [0.15, 0.2) is 42.0 Å². The summed E-state index contributed by atoms with van der Waals surface area (Å²) in [5.74, 6) is -2.63. The third-order valence-electron chi connectivity index (χ3n) is 4.26. The van der Waals surface area contributed by atoms with Gasteiger partial charge in [-0.15, -0.1) is 11.3 Å². The largest absolute Gasteiger partial charge is 0.363 e. The molecule has 11 heteroatoms. The topological polar surface area (TPSA) is 144 Å². The summed E-state index contributed by atoms with van der Waals surface area (Å²) in [6.07, 6.45) is 3.48. The van der Waals surface area contributed by atoms with Crippen molar-refractivity contribution in [1.82, 2.24) is 24.0 Å². The fraction of sp³-hybridized carbons (Fsp3) is 0.111. The Morgan fingerprint density at radius 1 is 1.21 bits per heavy atom. The van der Waals surface area contributed by atoms with Crippen molar-refractivity contribution >= 4 is 50.9 Å². The van der Waals surface area contributed by atoms with E-state index in [0.29, 0.717) is 11.4 Å². The SMILES string of the molecule is NC(=O)C(=O)C(Cc1csc2cc[nH]c12)NC(=O)c1nsnc1-c1ccccn1. The van der Waals surface area contributed by atoms with Crippen molar-refractivity contribution in [3.8, 4) is 11.4 Å². The first-order chi connectivity index (χ1) is 14.0. The molecule has 29 heavy (non-hydrogen) atoms. The highest BCUT2D eigenvalue weighted by molar-refractivity contribution is 7.17. The Morgan fingerprint density at radius 2 is 2.07 bits per heavy atom. The van der Waals surface area contributed by atoms with Gasteiger partial charge in [0.1, 0.15) is 11.7 Å². The van der Waals surface area contributed by atoms with E-state index < -0.39 is 23.6 Å². The van der Waals surface area contributed by atoms with Gasteiger partial charge in [-0.1, -0.05) is 6.07 Å². The van der Waals surface area contributed by atoms with Gasteiger partial charge in [0.15, 0.2) is 5.69 Å². The van der Waals surface area contributed by atoms with E-state index in [2.05, 4.69) is 24.0 Å².